The Morgan fingerprint density at radius 1 is 0.881 bits per heavy atom. The highest BCUT2D eigenvalue weighted by atomic mass is 16.5. The number of aliphatic hydroxyl groups excluding tert-OH is 1. The maximum absolute atomic E-state index is 11.9. The SMILES string of the molecule is C[C@@H](O)[C@H](N)C(=O)O.N[C@@H](COC(=O)[C@@H](N)Cc1ccc(OC(=O)[C@@H]2CCCN2)cc1)C(=O)O.O=C(O)[C@@H]1CCCN1. The third-order valence-electron chi connectivity index (χ3n) is 6.13. The molecule has 2 aliphatic heterocycles. The molecular formula is C26H41N5O11. The molecule has 0 saturated carbocycles. The minimum Gasteiger partial charge on any atom is -0.480 e. The van der Waals surface area contributed by atoms with Crippen molar-refractivity contribution in [2.45, 2.75) is 75.3 Å². The summed E-state index contributed by atoms with van der Waals surface area (Å²) in [6.45, 7) is 2.56. The number of benzene rings is 1. The molecule has 0 bridgehead atoms. The minimum absolute atomic E-state index is 0.194. The molecule has 1 aromatic rings. The first kappa shape index (κ1) is 36.4. The predicted octanol–water partition coefficient (Wildman–Crippen LogP) is -2.23. The summed E-state index contributed by atoms with van der Waals surface area (Å²) in [7, 11) is 0. The molecule has 16 nitrogen and oxygen atoms in total. The maximum atomic E-state index is 11.9. The van der Waals surface area contributed by atoms with E-state index in [9.17, 15) is 24.0 Å². The van der Waals surface area contributed by atoms with Crippen molar-refractivity contribution in [3.8, 4) is 5.75 Å². The zero-order chi connectivity index (χ0) is 31.8. The first-order valence-corrected chi connectivity index (χ1v) is 13.3. The average molecular weight is 600 g/mol. The molecule has 2 fully saturated rings. The molecule has 0 unspecified atom stereocenters. The van der Waals surface area contributed by atoms with E-state index >= 15 is 0 Å². The van der Waals surface area contributed by atoms with E-state index in [1.807, 2.05) is 0 Å². The van der Waals surface area contributed by atoms with Gasteiger partial charge in [-0.05, 0) is 69.8 Å². The third-order valence-corrected chi connectivity index (χ3v) is 6.13. The molecular weight excluding hydrogens is 558 g/mol. The van der Waals surface area contributed by atoms with Gasteiger partial charge in [-0.15, -0.1) is 0 Å². The summed E-state index contributed by atoms with van der Waals surface area (Å²) in [5, 5.41) is 39.5. The van der Waals surface area contributed by atoms with Crippen molar-refractivity contribution in [3.05, 3.63) is 29.8 Å². The van der Waals surface area contributed by atoms with Crippen LogP contribution in [0.4, 0.5) is 0 Å². The Balaban J connectivity index is 0.000000447. The summed E-state index contributed by atoms with van der Waals surface area (Å²) in [4.78, 5) is 54.3. The third kappa shape index (κ3) is 13.8. The first-order valence-electron chi connectivity index (χ1n) is 13.3. The van der Waals surface area contributed by atoms with Crippen LogP contribution in [0.15, 0.2) is 24.3 Å². The number of ether oxygens (including phenoxy) is 2. The summed E-state index contributed by atoms with van der Waals surface area (Å²) in [5.41, 5.74) is 16.7. The van der Waals surface area contributed by atoms with E-state index in [4.69, 9.17) is 47.1 Å². The molecule has 0 spiro atoms. The van der Waals surface area contributed by atoms with Gasteiger partial charge in [0, 0.05) is 0 Å². The van der Waals surface area contributed by atoms with E-state index in [2.05, 4.69) is 10.6 Å². The van der Waals surface area contributed by atoms with Crippen molar-refractivity contribution in [1.29, 1.82) is 0 Å². The topological polar surface area (TPSA) is 287 Å². The van der Waals surface area contributed by atoms with E-state index in [0.29, 0.717) is 5.75 Å². The lowest BCUT2D eigenvalue weighted by atomic mass is 10.1. The Morgan fingerprint density at radius 2 is 1.43 bits per heavy atom. The quantitative estimate of drug-likeness (QED) is 0.0960. The number of aliphatic hydroxyl groups is 1. The van der Waals surface area contributed by atoms with Crippen LogP contribution in [0, 0.1) is 0 Å². The highest BCUT2D eigenvalue weighted by Gasteiger charge is 2.24. The van der Waals surface area contributed by atoms with E-state index in [1.165, 1.54) is 6.92 Å². The summed E-state index contributed by atoms with van der Waals surface area (Å²) in [6.07, 6.45) is 2.71. The van der Waals surface area contributed by atoms with Crippen molar-refractivity contribution >= 4 is 29.8 Å². The molecule has 2 aliphatic rings. The van der Waals surface area contributed by atoms with Gasteiger partial charge in [0.05, 0.1) is 6.10 Å². The van der Waals surface area contributed by atoms with Gasteiger partial charge in [-0.25, -0.2) is 4.79 Å². The van der Waals surface area contributed by atoms with Crippen molar-refractivity contribution in [2.24, 2.45) is 17.2 Å². The fourth-order valence-corrected chi connectivity index (χ4v) is 3.56. The molecule has 0 amide bonds. The molecule has 2 saturated heterocycles. The second-order valence-corrected chi connectivity index (χ2v) is 9.69. The van der Waals surface area contributed by atoms with Crippen molar-refractivity contribution in [1.82, 2.24) is 10.6 Å². The van der Waals surface area contributed by atoms with Crippen molar-refractivity contribution in [2.75, 3.05) is 19.7 Å². The molecule has 0 aromatic heterocycles. The zero-order valence-electron chi connectivity index (χ0n) is 23.3. The molecule has 236 valence electrons. The van der Waals surface area contributed by atoms with E-state index in [-0.39, 0.29) is 24.5 Å². The fraction of sp³-hybridized carbons (Fsp3) is 0.577. The van der Waals surface area contributed by atoms with E-state index in [1.54, 1.807) is 24.3 Å². The largest absolute Gasteiger partial charge is 0.480 e. The Hall–Kier alpha value is -3.67. The lowest BCUT2D eigenvalue weighted by Crippen LogP contribution is -2.40. The molecule has 42 heavy (non-hydrogen) atoms. The van der Waals surface area contributed by atoms with Gasteiger partial charge in [-0.3, -0.25) is 19.2 Å². The second-order valence-electron chi connectivity index (χ2n) is 9.69. The normalized spacial score (nSPS) is 20.3. The van der Waals surface area contributed by atoms with Crippen LogP contribution in [-0.4, -0.2) is 106 Å². The van der Waals surface area contributed by atoms with Gasteiger partial charge < -0.3 is 57.7 Å². The number of carboxylic acids is 3. The highest BCUT2D eigenvalue weighted by Crippen LogP contribution is 2.16. The summed E-state index contributed by atoms with van der Waals surface area (Å²) >= 11 is 0. The number of nitrogens with one attached hydrogen (secondary N) is 2. The zero-order valence-corrected chi connectivity index (χ0v) is 23.3. The Bertz CT molecular complexity index is 1010. The number of nitrogens with two attached hydrogens (primary N) is 3. The predicted molar refractivity (Wildman–Crippen MR) is 147 cm³/mol. The van der Waals surface area contributed by atoms with Gasteiger partial charge >= 0.3 is 29.8 Å². The number of esters is 2. The fourth-order valence-electron chi connectivity index (χ4n) is 3.56. The van der Waals surface area contributed by atoms with Gasteiger partial charge in [0.25, 0.3) is 0 Å². The van der Waals surface area contributed by atoms with E-state index < -0.39 is 54.7 Å². The number of carboxylic acid groups (broad SMARTS) is 3. The molecule has 16 heteroatoms. The number of carbonyl (C=O) groups is 5. The van der Waals surface area contributed by atoms with Crippen LogP contribution in [-0.2, 0) is 35.1 Å². The first-order chi connectivity index (χ1) is 19.7. The Kier molecular flexibility index (Phi) is 16.2. The van der Waals surface area contributed by atoms with Crippen LogP contribution in [0.3, 0.4) is 0 Å². The number of aliphatic carboxylic acids is 3. The molecule has 6 atom stereocenters. The summed E-state index contributed by atoms with van der Waals surface area (Å²) in [6, 6.07) is 2.71. The molecule has 3 rings (SSSR count). The molecule has 0 aliphatic carbocycles. The van der Waals surface area contributed by atoms with Gasteiger partial charge in [0.1, 0.15) is 42.6 Å². The van der Waals surface area contributed by atoms with E-state index in [0.717, 1.165) is 44.3 Å². The Labute approximate surface area is 242 Å². The number of hydrogen-bond acceptors (Lipinski definition) is 13. The standard InChI is InChI=1S/C17H23N3O6.C5H9NO2.C4H9NO3/c18-12(16(23)25-9-13(19)15(21)22)8-10-3-5-11(6-4-10)26-17(24)14-2-1-7-20-14;7-5(8)4-2-1-3-6-4;1-2(6)3(5)4(7)8/h3-6,12-14,20H,1-2,7-9,18-19H2,(H,21,22);4,6H,1-3H2,(H,7,8);2-3,6H,5H2,1H3,(H,7,8)/t12-,13-,14-;4-;2-,3+/m001/s1. The summed E-state index contributed by atoms with van der Waals surface area (Å²) < 4.78 is 10.1. The molecule has 0 radical (unpaired) electrons. The lowest BCUT2D eigenvalue weighted by Gasteiger charge is -2.14. The smallest absolute Gasteiger partial charge is 0.328 e. The van der Waals surface area contributed by atoms with Crippen LogP contribution < -0.4 is 32.6 Å². The van der Waals surface area contributed by atoms with Crippen LogP contribution >= 0.6 is 0 Å². The van der Waals surface area contributed by atoms with Crippen LogP contribution in [0.25, 0.3) is 0 Å². The number of hydrogen-bond donors (Lipinski definition) is 9. The summed E-state index contributed by atoms with van der Waals surface area (Å²) in [5.74, 6) is -3.79. The highest BCUT2D eigenvalue weighted by molar-refractivity contribution is 5.79. The average Bonchev–Trinajstić information content (AvgIpc) is 3.68. The molecule has 12 N–H and O–H groups in total. The van der Waals surface area contributed by atoms with Crippen LogP contribution in [0.2, 0.25) is 0 Å². The van der Waals surface area contributed by atoms with Gasteiger partial charge in [-0.2, -0.15) is 0 Å². The molecule has 2 heterocycles. The second kappa shape index (κ2) is 18.7. The number of carbonyl (C=O) groups excluding carboxylic acids is 2. The van der Waals surface area contributed by atoms with Crippen molar-refractivity contribution < 1.29 is 53.9 Å². The van der Waals surface area contributed by atoms with Crippen LogP contribution in [0.1, 0.15) is 38.2 Å². The van der Waals surface area contributed by atoms with Crippen LogP contribution in [0.5, 0.6) is 5.75 Å². The monoisotopic (exact) mass is 599 g/mol. The minimum atomic E-state index is -1.28. The number of rotatable bonds is 11. The van der Waals surface area contributed by atoms with Gasteiger partial charge in [0.15, 0.2) is 0 Å². The lowest BCUT2D eigenvalue weighted by molar-refractivity contribution is -0.149. The Morgan fingerprint density at radius 3 is 1.81 bits per heavy atom. The van der Waals surface area contributed by atoms with Gasteiger partial charge in [-0.1, -0.05) is 12.1 Å². The van der Waals surface area contributed by atoms with Gasteiger partial charge in [0.2, 0.25) is 0 Å². The molecule has 1 aromatic carbocycles. The van der Waals surface area contributed by atoms with Crippen molar-refractivity contribution in [3.63, 3.8) is 0 Å². The maximum Gasteiger partial charge on any atom is 0.328 e.